The SMILES string of the molecule is Nc1ccnc(-c2cc(-c3ccccc3F)nc3ccccc23)c1N. The summed E-state index contributed by atoms with van der Waals surface area (Å²) >= 11 is 0. The summed E-state index contributed by atoms with van der Waals surface area (Å²) in [6.07, 6.45) is 1.61. The van der Waals surface area contributed by atoms with E-state index in [1.807, 2.05) is 24.3 Å². The van der Waals surface area contributed by atoms with Crippen molar-refractivity contribution in [3.8, 4) is 22.5 Å². The predicted molar refractivity (Wildman–Crippen MR) is 99.2 cm³/mol. The number of halogens is 1. The van der Waals surface area contributed by atoms with E-state index in [1.54, 1.807) is 36.5 Å². The van der Waals surface area contributed by atoms with Crippen molar-refractivity contribution < 1.29 is 4.39 Å². The molecular weight excluding hydrogens is 315 g/mol. The highest BCUT2D eigenvalue weighted by Gasteiger charge is 2.15. The number of benzene rings is 2. The summed E-state index contributed by atoms with van der Waals surface area (Å²) in [5.74, 6) is -0.329. The van der Waals surface area contributed by atoms with Crippen molar-refractivity contribution in [2.75, 3.05) is 11.5 Å². The van der Waals surface area contributed by atoms with Crippen LogP contribution in [0.5, 0.6) is 0 Å². The molecule has 2 heterocycles. The molecule has 2 aromatic carbocycles. The number of fused-ring (bicyclic) bond motifs is 1. The largest absolute Gasteiger partial charge is 0.397 e. The zero-order chi connectivity index (χ0) is 17.4. The number of para-hydroxylation sites is 1. The fraction of sp³-hybridized carbons (Fsp3) is 0. The lowest BCUT2D eigenvalue weighted by Crippen LogP contribution is -2.00. The van der Waals surface area contributed by atoms with Gasteiger partial charge in [0.1, 0.15) is 5.82 Å². The standard InChI is InChI=1S/C20H15FN4/c21-15-7-3-1-6-13(15)18-11-14(12-5-2-4-8-17(12)25-18)20-19(23)16(22)9-10-24-20/h1-11H,23H2,(H2,22,24). The van der Waals surface area contributed by atoms with Gasteiger partial charge in [0.2, 0.25) is 0 Å². The molecule has 0 spiro atoms. The maximum atomic E-state index is 14.3. The van der Waals surface area contributed by atoms with E-state index in [-0.39, 0.29) is 5.82 Å². The lowest BCUT2D eigenvalue weighted by molar-refractivity contribution is 0.631. The van der Waals surface area contributed by atoms with Crippen molar-refractivity contribution in [3.05, 3.63) is 72.7 Å². The van der Waals surface area contributed by atoms with E-state index in [4.69, 9.17) is 11.5 Å². The van der Waals surface area contributed by atoms with E-state index >= 15 is 0 Å². The molecule has 0 unspecified atom stereocenters. The molecule has 4 rings (SSSR count). The molecule has 4 aromatic rings. The Morgan fingerprint density at radius 2 is 1.60 bits per heavy atom. The fourth-order valence-corrected chi connectivity index (χ4v) is 2.88. The summed E-state index contributed by atoms with van der Waals surface area (Å²) in [4.78, 5) is 8.99. The Hall–Kier alpha value is -3.47. The van der Waals surface area contributed by atoms with Crippen LogP contribution in [0, 0.1) is 5.82 Å². The maximum Gasteiger partial charge on any atom is 0.132 e. The quantitative estimate of drug-likeness (QED) is 0.575. The second-order valence-electron chi connectivity index (χ2n) is 5.71. The van der Waals surface area contributed by atoms with Gasteiger partial charge in [-0.1, -0.05) is 30.3 Å². The molecule has 0 fully saturated rings. The van der Waals surface area contributed by atoms with Gasteiger partial charge in [-0.3, -0.25) is 4.98 Å². The zero-order valence-electron chi connectivity index (χ0n) is 13.3. The third kappa shape index (κ3) is 2.55. The molecule has 0 aliphatic carbocycles. The predicted octanol–water partition coefficient (Wildman–Crippen LogP) is 4.27. The van der Waals surface area contributed by atoms with Gasteiger partial charge in [-0.25, -0.2) is 9.37 Å². The molecule has 5 heteroatoms. The number of nitrogens with two attached hydrogens (primary N) is 2. The molecular formula is C20H15FN4. The summed E-state index contributed by atoms with van der Waals surface area (Å²) in [5.41, 5.74) is 16.0. The minimum atomic E-state index is -0.329. The number of hydrogen-bond acceptors (Lipinski definition) is 4. The summed E-state index contributed by atoms with van der Waals surface area (Å²) in [6.45, 7) is 0. The van der Waals surface area contributed by atoms with Crippen molar-refractivity contribution in [1.82, 2.24) is 9.97 Å². The number of hydrogen-bond donors (Lipinski definition) is 2. The van der Waals surface area contributed by atoms with E-state index in [0.717, 1.165) is 16.5 Å². The molecule has 0 amide bonds. The monoisotopic (exact) mass is 330 g/mol. The molecule has 2 aromatic heterocycles. The normalized spacial score (nSPS) is 10.9. The van der Waals surface area contributed by atoms with Gasteiger partial charge in [0, 0.05) is 22.7 Å². The molecule has 4 N–H and O–H groups in total. The second kappa shape index (κ2) is 5.87. The highest BCUT2D eigenvalue weighted by atomic mass is 19.1. The number of nitrogen functional groups attached to an aromatic ring is 2. The first-order valence-electron chi connectivity index (χ1n) is 7.80. The van der Waals surface area contributed by atoms with Crippen molar-refractivity contribution in [3.63, 3.8) is 0 Å². The number of pyridine rings is 2. The molecule has 0 radical (unpaired) electrons. The first-order chi connectivity index (χ1) is 12.1. The molecule has 0 aliphatic rings. The van der Waals surface area contributed by atoms with Crippen LogP contribution in [0.1, 0.15) is 0 Å². The minimum absolute atomic E-state index is 0.329. The Morgan fingerprint density at radius 3 is 2.44 bits per heavy atom. The number of rotatable bonds is 2. The molecule has 0 saturated carbocycles. The second-order valence-corrected chi connectivity index (χ2v) is 5.71. The van der Waals surface area contributed by atoms with Gasteiger partial charge in [-0.2, -0.15) is 0 Å². The molecule has 0 bridgehead atoms. The lowest BCUT2D eigenvalue weighted by Gasteiger charge is -2.12. The van der Waals surface area contributed by atoms with Crippen molar-refractivity contribution >= 4 is 22.3 Å². The Kier molecular flexibility index (Phi) is 3.54. The van der Waals surface area contributed by atoms with Crippen molar-refractivity contribution in [1.29, 1.82) is 0 Å². The van der Waals surface area contributed by atoms with Crippen LogP contribution in [0.3, 0.4) is 0 Å². The summed E-state index contributed by atoms with van der Waals surface area (Å²) in [5, 5.41) is 0.882. The van der Waals surface area contributed by atoms with Crippen molar-refractivity contribution in [2.45, 2.75) is 0 Å². The van der Waals surface area contributed by atoms with E-state index in [2.05, 4.69) is 9.97 Å². The van der Waals surface area contributed by atoms with Gasteiger partial charge in [-0.05, 0) is 30.3 Å². The first kappa shape index (κ1) is 15.1. The maximum absolute atomic E-state index is 14.3. The summed E-state index contributed by atoms with van der Waals surface area (Å²) < 4.78 is 14.3. The van der Waals surface area contributed by atoms with Crippen LogP contribution in [0.4, 0.5) is 15.8 Å². The van der Waals surface area contributed by atoms with Crippen LogP contribution in [0.15, 0.2) is 66.9 Å². The van der Waals surface area contributed by atoms with Gasteiger partial charge in [0.15, 0.2) is 0 Å². The van der Waals surface area contributed by atoms with Gasteiger partial charge in [0.25, 0.3) is 0 Å². The van der Waals surface area contributed by atoms with E-state index in [1.165, 1.54) is 6.07 Å². The summed E-state index contributed by atoms with van der Waals surface area (Å²) in [7, 11) is 0. The molecule has 4 nitrogen and oxygen atoms in total. The summed E-state index contributed by atoms with van der Waals surface area (Å²) in [6, 6.07) is 17.6. The molecule has 0 atom stereocenters. The third-order valence-electron chi connectivity index (χ3n) is 4.14. The molecule has 25 heavy (non-hydrogen) atoms. The Morgan fingerprint density at radius 1 is 0.840 bits per heavy atom. The number of nitrogens with zero attached hydrogens (tertiary/aromatic N) is 2. The van der Waals surface area contributed by atoms with Gasteiger partial charge >= 0.3 is 0 Å². The Bertz CT molecular complexity index is 1090. The average molecular weight is 330 g/mol. The molecule has 122 valence electrons. The topological polar surface area (TPSA) is 77.8 Å². The zero-order valence-corrected chi connectivity index (χ0v) is 13.3. The van der Waals surface area contributed by atoms with Crippen LogP contribution in [0.2, 0.25) is 0 Å². The van der Waals surface area contributed by atoms with Gasteiger partial charge in [-0.15, -0.1) is 0 Å². The number of aromatic nitrogens is 2. The average Bonchev–Trinajstić information content (AvgIpc) is 2.63. The third-order valence-corrected chi connectivity index (χ3v) is 4.14. The van der Waals surface area contributed by atoms with E-state index < -0.39 is 0 Å². The first-order valence-corrected chi connectivity index (χ1v) is 7.80. The van der Waals surface area contributed by atoms with Gasteiger partial charge in [0.05, 0.1) is 28.3 Å². The molecule has 0 aliphatic heterocycles. The van der Waals surface area contributed by atoms with Crippen LogP contribution in [0.25, 0.3) is 33.4 Å². The van der Waals surface area contributed by atoms with Crippen LogP contribution in [-0.2, 0) is 0 Å². The lowest BCUT2D eigenvalue weighted by atomic mass is 10.00. The molecule has 0 saturated heterocycles. The van der Waals surface area contributed by atoms with Gasteiger partial charge < -0.3 is 11.5 Å². The highest BCUT2D eigenvalue weighted by molar-refractivity contribution is 5.99. The van der Waals surface area contributed by atoms with Crippen LogP contribution < -0.4 is 11.5 Å². The van der Waals surface area contributed by atoms with Crippen LogP contribution in [-0.4, -0.2) is 9.97 Å². The minimum Gasteiger partial charge on any atom is -0.397 e. The Balaban J connectivity index is 2.07. The fourth-order valence-electron chi connectivity index (χ4n) is 2.88. The highest BCUT2D eigenvalue weighted by Crippen LogP contribution is 2.35. The number of anilines is 2. The smallest absolute Gasteiger partial charge is 0.132 e. The van der Waals surface area contributed by atoms with E-state index in [9.17, 15) is 4.39 Å². The van der Waals surface area contributed by atoms with Crippen molar-refractivity contribution in [2.24, 2.45) is 0 Å². The van der Waals surface area contributed by atoms with E-state index in [0.29, 0.717) is 28.3 Å². The Labute approximate surface area is 144 Å². The van der Waals surface area contributed by atoms with Crippen LogP contribution >= 0.6 is 0 Å².